The fourth-order valence-electron chi connectivity index (χ4n) is 2.37. The highest BCUT2D eigenvalue weighted by atomic mass is 16.5. The Morgan fingerprint density at radius 1 is 1.18 bits per heavy atom. The van der Waals surface area contributed by atoms with Gasteiger partial charge in [0.25, 0.3) is 5.91 Å². The highest BCUT2D eigenvalue weighted by Gasteiger charge is 2.25. The van der Waals surface area contributed by atoms with Crippen LogP contribution in [0.2, 0.25) is 0 Å². The third kappa shape index (κ3) is 3.14. The molecule has 1 aliphatic rings. The monoisotopic (exact) mass is 299 g/mol. The molecule has 0 radical (unpaired) electrons. The Kier molecular flexibility index (Phi) is 4.14. The molecule has 2 aromatic carbocycles. The molecule has 0 saturated carbocycles. The zero-order valence-electron chi connectivity index (χ0n) is 12.1. The number of para-hydroxylation sites is 1. The number of hydrogen-bond acceptors (Lipinski definition) is 4. The number of hydrogen-bond donors (Lipinski definition) is 1. The van der Waals surface area contributed by atoms with Gasteiger partial charge >= 0.3 is 0 Å². The van der Waals surface area contributed by atoms with Crippen LogP contribution < -0.4 is 14.4 Å². The molecule has 0 unspecified atom stereocenters. The van der Waals surface area contributed by atoms with Crippen LogP contribution in [0.4, 0.5) is 5.69 Å². The van der Waals surface area contributed by atoms with Gasteiger partial charge in [-0.2, -0.15) is 0 Å². The predicted octanol–water partition coefficient (Wildman–Crippen LogP) is 2.59. The van der Waals surface area contributed by atoms with Crippen LogP contribution >= 0.6 is 0 Å². The van der Waals surface area contributed by atoms with E-state index in [0.29, 0.717) is 31.0 Å². The van der Waals surface area contributed by atoms with Crippen LogP contribution in [0.25, 0.3) is 0 Å². The summed E-state index contributed by atoms with van der Waals surface area (Å²) < 4.78 is 11.0. The van der Waals surface area contributed by atoms with E-state index >= 15 is 0 Å². The van der Waals surface area contributed by atoms with Crippen molar-refractivity contribution >= 4 is 11.6 Å². The number of nitrogens with zero attached hydrogens (tertiary/aromatic N) is 1. The predicted molar refractivity (Wildman–Crippen MR) is 82.5 cm³/mol. The van der Waals surface area contributed by atoms with Crippen LogP contribution in [0.3, 0.4) is 0 Å². The quantitative estimate of drug-likeness (QED) is 0.862. The van der Waals surface area contributed by atoms with E-state index in [2.05, 4.69) is 0 Å². The molecule has 5 heteroatoms. The molecule has 1 amide bonds. The van der Waals surface area contributed by atoms with E-state index in [4.69, 9.17) is 9.47 Å². The normalized spacial score (nSPS) is 13.5. The van der Waals surface area contributed by atoms with E-state index in [0.717, 1.165) is 5.75 Å². The molecule has 114 valence electrons. The van der Waals surface area contributed by atoms with Crippen molar-refractivity contribution in [1.29, 1.82) is 0 Å². The average Bonchev–Trinajstić information content (AvgIpc) is 2.54. The molecule has 1 aliphatic heterocycles. The first-order valence-electron chi connectivity index (χ1n) is 7.18. The number of ether oxygens (including phenoxy) is 2. The molecule has 0 atom stereocenters. The molecule has 2 aromatic rings. The summed E-state index contributed by atoms with van der Waals surface area (Å²) in [6.45, 7) is 1.06. The molecule has 0 bridgehead atoms. The Morgan fingerprint density at radius 3 is 2.82 bits per heavy atom. The van der Waals surface area contributed by atoms with E-state index in [-0.39, 0.29) is 18.3 Å². The average molecular weight is 299 g/mol. The summed E-state index contributed by atoms with van der Waals surface area (Å²) in [5, 5.41) is 9.59. The lowest BCUT2D eigenvalue weighted by atomic mass is 10.2. The molecule has 1 heterocycles. The van der Waals surface area contributed by atoms with Gasteiger partial charge in [-0.05, 0) is 30.7 Å². The van der Waals surface area contributed by atoms with Gasteiger partial charge in [0.1, 0.15) is 17.2 Å². The second-order valence-electron chi connectivity index (χ2n) is 5.00. The molecule has 0 spiro atoms. The molecule has 0 aliphatic carbocycles. The Balaban J connectivity index is 1.60. The number of phenols is 1. The smallest absolute Gasteiger partial charge is 0.265 e. The molecule has 0 fully saturated rings. The SMILES string of the molecule is O=C1COc2ccc(O)cc2N1CCCOc1ccccc1. The third-order valence-electron chi connectivity index (χ3n) is 3.42. The molecule has 0 aromatic heterocycles. The number of phenolic OH excluding ortho intramolecular Hbond substituents is 1. The largest absolute Gasteiger partial charge is 0.508 e. The van der Waals surface area contributed by atoms with Gasteiger partial charge in [0.15, 0.2) is 6.61 Å². The summed E-state index contributed by atoms with van der Waals surface area (Å²) >= 11 is 0. The number of rotatable bonds is 5. The Bertz CT molecular complexity index is 657. The van der Waals surface area contributed by atoms with Crippen LogP contribution in [0.5, 0.6) is 17.2 Å². The third-order valence-corrected chi connectivity index (χ3v) is 3.42. The lowest BCUT2D eigenvalue weighted by Crippen LogP contribution is -2.39. The summed E-state index contributed by atoms with van der Waals surface area (Å²) in [4.78, 5) is 13.6. The highest BCUT2D eigenvalue weighted by molar-refractivity contribution is 5.98. The van der Waals surface area contributed by atoms with Crippen molar-refractivity contribution in [3.8, 4) is 17.2 Å². The van der Waals surface area contributed by atoms with Gasteiger partial charge in [0.2, 0.25) is 0 Å². The molecule has 3 rings (SSSR count). The Labute approximate surface area is 128 Å². The fraction of sp³-hybridized carbons (Fsp3) is 0.235. The lowest BCUT2D eigenvalue weighted by Gasteiger charge is -2.29. The number of anilines is 1. The molecular weight excluding hydrogens is 282 g/mol. The van der Waals surface area contributed by atoms with Gasteiger partial charge in [-0.25, -0.2) is 0 Å². The van der Waals surface area contributed by atoms with Crippen molar-refractivity contribution in [3.05, 3.63) is 48.5 Å². The van der Waals surface area contributed by atoms with E-state index < -0.39 is 0 Å². The summed E-state index contributed by atoms with van der Waals surface area (Å²) in [7, 11) is 0. The molecule has 1 N–H and O–H groups in total. The van der Waals surface area contributed by atoms with Gasteiger partial charge in [0, 0.05) is 12.6 Å². The minimum atomic E-state index is -0.113. The number of fused-ring (bicyclic) bond motifs is 1. The Morgan fingerprint density at radius 2 is 2.00 bits per heavy atom. The van der Waals surface area contributed by atoms with Crippen molar-refractivity contribution < 1.29 is 19.4 Å². The van der Waals surface area contributed by atoms with Gasteiger partial charge in [-0.3, -0.25) is 4.79 Å². The van der Waals surface area contributed by atoms with Gasteiger partial charge < -0.3 is 19.5 Å². The van der Waals surface area contributed by atoms with E-state index in [1.54, 1.807) is 23.1 Å². The van der Waals surface area contributed by atoms with Crippen LogP contribution in [0, 0.1) is 0 Å². The van der Waals surface area contributed by atoms with Crippen LogP contribution in [0.15, 0.2) is 48.5 Å². The number of benzene rings is 2. The van der Waals surface area contributed by atoms with Crippen molar-refractivity contribution in [1.82, 2.24) is 0 Å². The minimum Gasteiger partial charge on any atom is -0.508 e. The van der Waals surface area contributed by atoms with E-state index in [1.165, 1.54) is 0 Å². The van der Waals surface area contributed by atoms with Gasteiger partial charge in [-0.15, -0.1) is 0 Å². The molecule has 0 saturated heterocycles. The van der Waals surface area contributed by atoms with Crippen LogP contribution in [-0.2, 0) is 4.79 Å². The standard InChI is InChI=1S/C17H17NO4/c19-13-7-8-16-15(11-13)18(17(20)12-22-16)9-4-10-21-14-5-2-1-3-6-14/h1-3,5-8,11,19H,4,9-10,12H2. The van der Waals surface area contributed by atoms with E-state index in [1.807, 2.05) is 30.3 Å². The van der Waals surface area contributed by atoms with Crippen LogP contribution in [0.1, 0.15) is 6.42 Å². The molecule has 5 nitrogen and oxygen atoms in total. The topological polar surface area (TPSA) is 59.0 Å². The summed E-state index contributed by atoms with van der Waals surface area (Å²) in [6, 6.07) is 14.3. The number of carbonyl (C=O) groups is 1. The zero-order chi connectivity index (χ0) is 15.4. The number of amides is 1. The van der Waals surface area contributed by atoms with E-state index in [9.17, 15) is 9.90 Å². The van der Waals surface area contributed by atoms with Crippen molar-refractivity contribution in [2.75, 3.05) is 24.7 Å². The van der Waals surface area contributed by atoms with Crippen molar-refractivity contribution in [2.24, 2.45) is 0 Å². The number of carbonyl (C=O) groups excluding carboxylic acids is 1. The van der Waals surface area contributed by atoms with Crippen molar-refractivity contribution in [3.63, 3.8) is 0 Å². The lowest BCUT2D eigenvalue weighted by molar-refractivity contribution is -0.121. The van der Waals surface area contributed by atoms with Gasteiger partial charge in [0.05, 0.1) is 12.3 Å². The second kappa shape index (κ2) is 6.39. The minimum absolute atomic E-state index is 0.0251. The maximum atomic E-state index is 12.0. The highest BCUT2D eigenvalue weighted by Crippen LogP contribution is 2.34. The Hall–Kier alpha value is -2.69. The summed E-state index contributed by atoms with van der Waals surface area (Å²) in [5.41, 5.74) is 0.607. The maximum Gasteiger partial charge on any atom is 0.265 e. The summed E-state index contributed by atoms with van der Waals surface area (Å²) in [6.07, 6.45) is 0.690. The van der Waals surface area contributed by atoms with Crippen LogP contribution in [-0.4, -0.2) is 30.8 Å². The number of aromatic hydroxyl groups is 1. The van der Waals surface area contributed by atoms with Crippen molar-refractivity contribution in [2.45, 2.75) is 6.42 Å². The first kappa shape index (κ1) is 14.3. The second-order valence-corrected chi connectivity index (χ2v) is 5.00. The zero-order valence-corrected chi connectivity index (χ0v) is 12.1. The summed E-state index contributed by atoms with van der Waals surface area (Å²) in [5.74, 6) is 1.43. The molecular formula is C17H17NO4. The first-order chi connectivity index (χ1) is 10.7. The van der Waals surface area contributed by atoms with Gasteiger partial charge in [-0.1, -0.05) is 18.2 Å². The fourth-order valence-corrected chi connectivity index (χ4v) is 2.37. The maximum absolute atomic E-state index is 12.0. The molecule has 22 heavy (non-hydrogen) atoms. The first-order valence-corrected chi connectivity index (χ1v) is 7.18.